The Bertz CT molecular complexity index is 820. The molecule has 0 radical (unpaired) electrons. The average molecular weight is 348 g/mol. The molecule has 0 saturated heterocycles. The van der Waals surface area contributed by atoms with Crippen LogP contribution < -0.4 is 0 Å². The number of amides is 1. The summed E-state index contributed by atoms with van der Waals surface area (Å²) < 4.78 is 10.5. The first-order valence-electron chi connectivity index (χ1n) is 8.45. The number of carbonyl (C=O) groups excluding carboxylic acids is 1. The van der Waals surface area contributed by atoms with E-state index in [-0.39, 0.29) is 12.6 Å². The summed E-state index contributed by atoms with van der Waals surface area (Å²) >= 11 is 0. The van der Waals surface area contributed by atoms with E-state index in [2.05, 4.69) is 35.2 Å². The summed E-state index contributed by atoms with van der Waals surface area (Å²) in [7, 11) is 0. The van der Waals surface area contributed by atoms with Crippen molar-refractivity contribution in [1.82, 2.24) is 4.90 Å². The monoisotopic (exact) mass is 348 g/mol. The van der Waals surface area contributed by atoms with Gasteiger partial charge in [-0.25, -0.2) is 4.79 Å². The molecule has 0 spiro atoms. The molecular weight excluding hydrogens is 328 g/mol. The minimum Gasteiger partial charge on any atom is -0.465 e. The van der Waals surface area contributed by atoms with Crippen molar-refractivity contribution in [3.05, 3.63) is 59.7 Å². The Balaban J connectivity index is 1.98. The summed E-state index contributed by atoms with van der Waals surface area (Å²) in [6.07, 6.45) is 4.37. The number of hydrogen-bond acceptors (Lipinski definition) is 3. The standard InChI is InChI=1S/C21H20N2O3/c1-3-13-26-21(24)22-20(25-4-2)23-14-16-9-5-7-11-18(16)19-12-8-6-10-17(19)15-23/h1,5-12H,4,13-15H2,2H3/b22-20-. The molecule has 132 valence electrons. The van der Waals surface area contributed by atoms with E-state index in [1.165, 1.54) is 11.1 Å². The molecule has 1 aliphatic rings. The van der Waals surface area contributed by atoms with Crippen LogP contribution in [0.1, 0.15) is 18.1 Å². The number of benzene rings is 2. The number of rotatable bonds is 2. The lowest BCUT2D eigenvalue weighted by Gasteiger charge is -2.24. The third-order valence-corrected chi connectivity index (χ3v) is 4.06. The van der Waals surface area contributed by atoms with Crippen LogP contribution in [0, 0.1) is 12.3 Å². The second kappa shape index (κ2) is 8.21. The van der Waals surface area contributed by atoms with Crippen molar-refractivity contribution >= 4 is 12.1 Å². The van der Waals surface area contributed by atoms with Gasteiger partial charge in [-0.05, 0) is 29.2 Å². The van der Waals surface area contributed by atoms with E-state index in [0.29, 0.717) is 19.7 Å². The van der Waals surface area contributed by atoms with Crippen LogP contribution in [0.25, 0.3) is 11.1 Å². The molecule has 2 aromatic carbocycles. The van der Waals surface area contributed by atoms with E-state index in [4.69, 9.17) is 15.9 Å². The van der Waals surface area contributed by atoms with Gasteiger partial charge in [-0.3, -0.25) is 0 Å². The molecule has 5 heteroatoms. The molecule has 0 unspecified atom stereocenters. The van der Waals surface area contributed by atoms with E-state index >= 15 is 0 Å². The van der Waals surface area contributed by atoms with Crippen molar-refractivity contribution in [2.24, 2.45) is 4.99 Å². The van der Waals surface area contributed by atoms with Gasteiger partial charge in [-0.15, -0.1) is 11.4 Å². The highest BCUT2D eigenvalue weighted by Gasteiger charge is 2.23. The summed E-state index contributed by atoms with van der Waals surface area (Å²) in [5.41, 5.74) is 4.64. The summed E-state index contributed by atoms with van der Waals surface area (Å²) in [6.45, 7) is 3.27. The number of ether oxygens (including phenoxy) is 2. The second-order valence-corrected chi connectivity index (χ2v) is 5.76. The molecule has 1 heterocycles. The molecule has 0 N–H and O–H groups in total. The van der Waals surface area contributed by atoms with Crippen LogP contribution in [0.3, 0.4) is 0 Å². The Morgan fingerprint density at radius 1 is 1.08 bits per heavy atom. The SMILES string of the molecule is C#CCOC(=O)/N=C(\OCC)N1Cc2ccccc2-c2ccccc2C1. The molecule has 0 aromatic heterocycles. The van der Waals surface area contributed by atoms with Gasteiger partial charge >= 0.3 is 6.09 Å². The zero-order valence-electron chi connectivity index (χ0n) is 14.6. The first-order valence-corrected chi connectivity index (χ1v) is 8.45. The van der Waals surface area contributed by atoms with E-state index in [1.807, 2.05) is 36.1 Å². The lowest BCUT2D eigenvalue weighted by molar-refractivity contribution is 0.167. The Kier molecular flexibility index (Phi) is 5.55. The average Bonchev–Trinajstić information content (AvgIpc) is 2.83. The molecule has 0 bridgehead atoms. The molecule has 0 atom stereocenters. The van der Waals surface area contributed by atoms with Crippen molar-refractivity contribution in [2.45, 2.75) is 20.0 Å². The minimum atomic E-state index is -0.753. The summed E-state index contributed by atoms with van der Waals surface area (Å²) in [6, 6.07) is 16.7. The van der Waals surface area contributed by atoms with Crippen molar-refractivity contribution in [3.63, 3.8) is 0 Å². The fourth-order valence-corrected chi connectivity index (χ4v) is 2.98. The van der Waals surface area contributed by atoms with Crippen LogP contribution in [-0.4, -0.2) is 30.2 Å². The topological polar surface area (TPSA) is 51.1 Å². The molecule has 5 nitrogen and oxygen atoms in total. The van der Waals surface area contributed by atoms with Crippen molar-refractivity contribution in [3.8, 4) is 23.5 Å². The lowest BCUT2D eigenvalue weighted by atomic mass is 9.97. The molecule has 1 amide bonds. The number of amidine groups is 1. The summed E-state index contributed by atoms with van der Waals surface area (Å²) in [4.78, 5) is 17.8. The molecule has 0 aliphatic carbocycles. The fourth-order valence-electron chi connectivity index (χ4n) is 2.98. The smallest absolute Gasteiger partial charge is 0.439 e. The third-order valence-electron chi connectivity index (χ3n) is 4.06. The van der Waals surface area contributed by atoms with Gasteiger partial charge in [0.2, 0.25) is 0 Å². The van der Waals surface area contributed by atoms with Gasteiger partial charge in [0, 0.05) is 13.1 Å². The summed E-state index contributed by atoms with van der Waals surface area (Å²) in [5.74, 6) is 2.25. The molecule has 0 saturated carbocycles. The van der Waals surface area contributed by atoms with Crippen LogP contribution in [0.5, 0.6) is 0 Å². The fraction of sp³-hybridized carbons (Fsp3) is 0.238. The van der Waals surface area contributed by atoms with Gasteiger partial charge in [0.25, 0.3) is 6.02 Å². The van der Waals surface area contributed by atoms with Crippen LogP contribution >= 0.6 is 0 Å². The molecule has 26 heavy (non-hydrogen) atoms. The van der Waals surface area contributed by atoms with Crippen molar-refractivity contribution < 1.29 is 14.3 Å². The van der Waals surface area contributed by atoms with Gasteiger partial charge in [-0.2, -0.15) is 0 Å². The normalized spacial score (nSPS) is 13.1. The van der Waals surface area contributed by atoms with Gasteiger partial charge in [0.05, 0.1) is 6.61 Å². The number of fused-ring (bicyclic) bond motifs is 3. The van der Waals surface area contributed by atoms with E-state index in [9.17, 15) is 4.79 Å². The van der Waals surface area contributed by atoms with Crippen molar-refractivity contribution in [1.29, 1.82) is 0 Å². The molecule has 1 aliphatic heterocycles. The lowest BCUT2D eigenvalue weighted by Crippen LogP contribution is -2.32. The first-order chi connectivity index (χ1) is 12.7. The van der Waals surface area contributed by atoms with Gasteiger partial charge in [-0.1, -0.05) is 54.5 Å². The van der Waals surface area contributed by atoms with Crippen LogP contribution in [0.4, 0.5) is 4.79 Å². The second-order valence-electron chi connectivity index (χ2n) is 5.76. The predicted molar refractivity (Wildman–Crippen MR) is 100 cm³/mol. The third kappa shape index (κ3) is 3.86. The van der Waals surface area contributed by atoms with Gasteiger partial charge < -0.3 is 14.4 Å². The van der Waals surface area contributed by atoms with Gasteiger partial charge in [0.15, 0.2) is 6.61 Å². The highest BCUT2D eigenvalue weighted by Crippen LogP contribution is 2.32. The Labute approximate surface area is 153 Å². The molecule has 2 aromatic rings. The van der Waals surface area contributed by atoms with Gasteiger partial charge in [0.1, 0.15) is 0 Å². The van der Waals surface area contributed by atoms with E-state index in [0.717, 1.165) is 11.1 Å². The molecule has 3 rings (SSSR count). The Hall–Kier alpha value is -3.26. The maximum atomic E-state index is 11.9. The van der Waals surface area contributed by atoms with Crippen LogP contribution in [0.2, 0.25) is 0 Å². The van der Waals surface area contributed by atoms with Crippen LogP contribution in [0.15, 0.2) is 53.5 Å². The zero-order chi connectivity index (χ0) is 18.4. The Morgan fingerprint density at radius 2 is 1.65 bits per heavy atom. The Morgan fingerprint density at radius 3 is 2.19 bits per heavy atom. The first kappa shape index (κ1) is 17.6. The predicted octanol–water partition coefficient (Wildman–Crippen LogP) is 3.83. The largest absolute Gasteiger partial charge is 0.465 e. The highest BCUT2D eigenvalue weighted by molar-refractivity contribution is 5.87. The maximum absolute atomic E-state index is 11.9. The molecular formula is C21H20N2O3. The number of aliphatic imine (C=N–C) groups is 1. The van der Waals surface area contributed by atoms with E-state index < -0.39 is 6.09 Å². The quantitative estimate of drug-likeness (QED) is 0.470. The number of nitrogens with zero attached hydrogens (tertiary/aromatic N) is 2. The zero-order valence-corrected chi connectivity index (χ0v) is 14.6. The molecule has 0 fully saturated rings. The maximum Gasteiger partial charge on any atom is 0.439 e. The number of hydrogen-bond donors (Lipinski definition) is 0. The number of terminal acetylenes is 1. The van der Waals surface area contributed by atoms with Crippen molar-refractivity contribution in [2.75, 3.05) is 13.2 Å². The minimum absolute atomic E-state index is 0.118. The highest BCUT2D eigenvalue weighted by atomic mass is 16.6. The summed E-state index contributed by atoms with van der Waals surface area (Å²) in [5, 5.41) is 0. The number of carbonyl (C=O) groups is 1. The van der Waals surface area contributed by atoms with Crippen LogP contribution in [-0.2, 0) is 22.6 Å². The van der Waals surface area contributed by atoms with E-state index in [1.54, 1.807) is 0 Å².